The van der Waals surface area contributed by atoms with E-state index in [1.807, 2.05) is 0 Å². The first-order chi connectivity index (χ1) is 10.1. The number of nitrogens with one attached hydrogen (secondary N) is 1. The summed E-state index contributed by atoms with van der Waals surface area (Å²) in [5.41, 5.74) is 0.733. The molecule has 0 aliphatic carbocycles. The predicted octanol–water partition coefficient (Wildman–Crippen LogP) is 2.06. The topological polar surface area (TPSA) is 54.2 Å². The number of aromatic nitrogens is 2. The number of hydrogen-bond acceptors (Lipinski definition) is 5. The van der Waals surface area contributed by atoms with E-state index in [1.165, 1.54) is 12.1 Å². The van der Waals surface area contributed by atoms with E-state index in [2.05, 4.69) is 34.2 Å². The fourth-order valence-electron chi connectivity index (χ4n) is 2.67. The summed E-state index contributed by atoms with van der Waals surface area (Å²) in [5, 5.41) is 7.43. The fraction of sp³-hybridized carbons (Fsp3) is 0.467. The quantitative estimate of drug-likeness (QED) is 0.937. The summed E-state index contributed by atoms with van der Waals surface area (Å²) in [4.78, 5) is 6.77. The van der Waals surface area contributed by atoms with Crippen LogP contribution in [0.25, 0.3) is 11.5 Å². The average Bonchev–Trinajstić information content (AvgIpc) is 2.92. The van der Waals surface area contributed by atoms with E-state index in [-0.39, 0.29) is 5.82 Å². The predicted molar refractivity (Wildman–Crippen MR) is 77.0 cm³/mol. The summed E-state index contributed by atoms with van der Waals surface area (Å²) in [6.45, 7) is 6.96. The SMILES string of the molecule is CC1CNCC(C)N1Cc1noc(-c2ccc(F)cc2)n1. The van der Waals surface area contributed by atoms with Gasteiger partial charge in [-0.2, -0.15) is 4.98 Å². The summed E-state index contributed by atoms with van der Waals surface area (Å²) in [6.07, 6.45) is 0. The van der Waals surface area contributed by atoms with Crippen molar-refractivity contribution in [3.63, 3.8) is 0 Å². The molecule has 1 aromatic carbocycles. The molecule has 0 bridgehead atoms. The molecule has 0 saturated carbocycles. The Morgan fingerprint density at radius 1 is 1.24 bits per heavy atom. The van der Waals surface area contributed by atoms with Gasteiger partial charge in [0.1, 0.15) is 5.82 Å². The van der Waals surface area contributed by atoms with Crippen LogP contribution < -0.4 is 5.32 Å². The summed E-state index contributed by atoms with van der Waals surface area (Å²) >= 11 is 0. The highest BCUT2D eigenvalue weighted by Crippen LogP contribution is 2.19. The number of piperazine rings is 1. The van der Waals surface area contributed by atoms with Gasteiger partial charge >= 0.3 is 0 Å². The number of hydrogen-bond donors (Lipinski definition) is 1. The highest BCUT2D eigenvalue weighted by Gasteiger charge is 2.26. The van der Waals surface area contributed by atoms with E-state index in [1.54, 1.807) is 12.1 Å². The molecular formula is C15H19FN4O. The van der Waals surface area contributed by atoms with Gasteiger partial charge in [0.15, 0.2) is 5.82 Å². The van der Waals surface area contributed by atoms with Crippen LogP contribution in [0.2, 0.25) is 0 Å². The molecular weight excluding hydrogens is 271 g/mol. The molecule has 3 rings (SSSR count). The van der Waals surface area contributed by atoms with Crippen molar-refractivity contribution in [2.45, 2.75) is 32.5 Å². The van der Waals surface area contributed by atoms with Gasteiger partial charge in [0, 0.05) is 30.7 Å². The van der Waals surface area contributed by atoms with Gasteiger partial charge in [-0.15, -0.1) is 0 Å². The Balaban J connectivity index is 1.74. The van der Waals surface area contributed by atoms with Crippen LogP contribution in [0, 0.1) is 5.82 Å². The molecule has 1 aromatic heterocycles. The summed E-state index contributed by atoms with van der Waals surface area (Å²) in [5.74, 6) is 0.817. The zero-order chi connectivity index (χ0) is 14.8. The smallest absolute Gasteiger partial charge is 0.257 e. The second-order valence-electron chi connectivity index (χ2n) is 5.55. The Morgan fingerprint density at radius 2 is 1.90 bits per heavy atom. The van der Waals surface area contributed by atoms with Crippen LogP contribution in [0.4, 0.5) is 4.39 Å². The molecule has 2 atom stereocenters. The minimum atomic E-state index is -0.276. The zero-order valence-corrected chi connectivity index (χ0v) is 12.2. The van der Waals surface area contributed by atoms with E-state index in [9.17, 15) is 4.39 Å². The van der Waals surface area contributed by atoms with Crippen molar-refractivity contribution >= 4 is 0 Å². The lowest BCUT2D eigenvalue weighted by atomic mass is 10.1. The Labute approximate surface area is 123 Å². The Morgan fingerprint density at radius 3 is 2.57 bits per heavy atom. The third kappa shape index (κ3) is 3.11. The minimum absolute atomic E-state index is 0.276. The van der Waals surface area contributed by atoms with E-state index >= 15 is 0 Å². The summed E-state index contributed by atoms with van der Waals surface area (Å²) in [7, 11) is 0. The first-order valence-electron chi connectivity index (χ1n) is 7.18. The van der Waals surface area contributed by atoms with Crippen LogP contribution in [0.15, 0.2) is 28.8 Å². The van der Waals surface area contributed by atoms with Crippen molar-refractivity contribution in [1.82, 2.24) is 20.4 Å². The lowest BCUT2D eigenvalue weighted by molar-refractivity contribution is 0.104. The molecule has 1 fully saturated rings. The molecule has 2 unspecified atom stereocenters. The van der Waals surface area contributed by atoms with Crippen LogP contribution in [-0.4, -0.2) is 40.2 Å². The van der Waals surface area contributed by atoms with Crippen molar-refractivity contribution in [2.75, 3.05) is 13.1 Å². The fourth-order valence-corrected chi connectivity index (χ4v) is 2.67. The highest BCUT2D eigenvalue weighted by molar-refractivity contribution is 5.52. The largest absolute Gasteiger partial charge is 0.334 e. The first kappa shape index (κ1) is 14.2. The van der Waals surface area contributed by atoms with Gasteiger partial charge in [0.25, 0.3) is 5.89 Å². The minimum Gasteiger partial charge on any atom is -0.334 e. The van der Waals surface area contributed by atoms with Gasteiger partial charge in [0.2, 0.25) is 0 Å². The molecule has 112 valence electrons. The van der Waals surface area contributed by atoms with Crippen molar-refractivity contribution < 1.29 is 8.91 Å². The maximum atomic E-state index is 12.9. The lowest BCUT2D eigenvalue weighted by Gasteiger charge is -2.38. The van der Waals surface area contributed by atoms with Crippen molar-refractivity contribution in [2.24, 2.45) is 0 Å². The molecule has 1 N–H and O–H groups in total. The first-order valence-corrected chi connectivity index (χ1v) is 7.18. The maximum Gasteiger partial charge on any atom is 0.257 e. The number of nitrogens with zero attached hydrogens (tertiary/aromatic N) is 3. The van der Waals surface area contributed by atoms with Crippen molar-refractivity contribution in [1.29, 1.82) is 0 Å². The van der Waals surface area contributed by atoms with Gasteiger partial charge in [-0.25, -0.2) is 4.39 Å². The van der Waals surface area contributed by atoms with Gasteiger partial charge in [0.05, 0.1) is 6.54 Å². The average molecular weight is 290 g/mol. The molecule has 0 spiro atoms. The number of benzene rings is 1. The second-order valence-corrected chi connectivity index (χ2v) is 5.55. The van der Waals surface area contributed by atoms with E-state index in [0.717, 1.165) is 18.7 Å². The van der Waals surface area contributed by atoms with Gasteiger partial charge in [-0.05, 0) is 38.1 Å². The van der Waals surface area contributed by atoms with E-state index < -0.39 is 0 Å². The molecule has 6 heteroatoms. The van der Waals surface area contributed by atoms with Gasteiger partial charge in [-0.1, -0.05) is 5.16 Å². The summed E-state index contributed by atoms with van der Waals surface area (Å²) < 4.78 is 18.2. The maximum absolute atomic E-state index is 12.9. The summed E-state index contributed by atoms with van der Waals surface area (Å²) in [6, 6.07) is 6.92. The van der Waals surface area contributed by atoms with Crippen LogP contribution in [0.3, 0.4) is 0 Å². The van der Waals surface area contributed by atoms with E-state index in [0.29, 0.717) is 30.3 Å². The zero-order valence-electron chi connectivity index (χ0n) is 12.2. The molecule has 1 aliphatic heterocycles. The highest BCUT2D eigenvalue weighted by atomic mass is 19.1. The molecule has 1 aliphatic rings. The molecule has 1 saturated heterocycles. The standard InChI is InChI=1S/C15H19FN4O/c1-10-7-17-8-11(2)20(10)9-14-18-15(21-19-14)12-3-5-13(16)6-4-12/h3-6,10-11,17H,7-9H2,1-2H3. The Hall–Kier alpha value is -1.79. The second kappa shape index (κ2) is 5.91. The molecule has 0 amide bonds. The third-order valence-electron chi connectivity index (χ3n) is 3.90. The molecule has 5 nitrogen and oxygen atoms in total. The Bertz CT molecular complexity index is 588. The van der Waals surface area contributed by atoms with Crippen LogP contribution in [-0.2, 0) is 6.54 Å². The van der Waals surface area contributed by atoms with E-state index in [4.69, 9.17) is 4.52 Å². The molecule has 2 heterocycles. The lowest BCUT2D eigenvalue weighted by Crippen LogP contribution is -2.54. The molecule has 21 heavy (non-hydrogen) atoms. The molecule has 2 aromatic rings. The normalized spacial score (nSPS) is 23.4. The monoisotopic (exact) mass is 290 g/mol. The van der Waals surface area contributed by atoms with Crippen LogP contribution >= 0.6 is 0 Å². The van der Waals surface area contributed by atoms with Gasteiger partial charge in [-0.3, -0.25) is 4.90 Å². The van der Waals surface area contributed by atoms with Crippen LogP contribution in [0.1, 0.15) is 19.7 Å². The van der Waals surface area contributed by atoms with Crippen LogP contribution in [0.5, 0.6) is 0 Å². The number of rotatable bonds is 3. The van der Waals surface area contributed by atoms with Crippen molar-refractivity contribution in [3.05, 3.63) is 35.9 Å². The van der Waals surface area contributed by atoms with Crippen molar-refractivity contribution in [3.8, 4) is 11.5 Å². The number of halogens is 1. The molecule has 0 radical (unpaired) electrons. The Kier molecular flexibility index (Phi) is 3.98. The van der Waals surface area contributed by atoms with Gasteiger partial charge < -0.3 is 9.84 Å². The third-order valence-corrected chi connectivity index (χ3v) is 3.90.